The predicted octanol–water partition coefficient (Wildman–Crippen LogP) is 3.23. The van der Waals surface area contributed by atoms with E-state index in [-0.39, 0.29) is 22.2 Å². The average molecular weight is 335 g/mol. The Labute approximate surface area is 138 Å². The van der Waals surface area contributed by atoms with E-state index in [1.54, 1.807) is 7.11 Å². The summed E-state index contributed by atoms with van der Waals surface area (Å²) in [6.07, 6.45) is 0.644. The smallest absolute Gasteiger partial charge is 0.288 e. The third-order valence-corrected chi connectivity index (χ3v) is 3.58. The van der Waals surface area contributed by atoms with E-state index >= 15 is 0 Å². The lowest BCUT2D eigenvalue weighted by atomic mass is 10.1. The van der Waals surface area contributed by atoms with Gasteiger partial charge in [0.05, 0.1) is 12.0 Å². The van der Waals surface area contributed by atoms with E-state index in [0.29, 0.717) is 13.0 Å². The molecule has 120 valence electrons. The lowest BCUT2D eigenvalue weighted by Crippen LogP contribution is -2.25. The number of ether oxygens (including phenoxy) is 1. The van der Waals surface area contributed by atoms with E-state index in [4.69, 9.17) is 16.3 Å². The van der Waals surface area contributed by atoms with Crippen molar-refractivity contribution in [1.82, 2.24) is 5.32 Å². The number of methoxy groups -OCH3 is 1. The van der Waals surface area contributed by atoms with Crippen LogP contribution in [0.5, 0.6) is 5.75 Å². The maximum Gasteiger partial charge on any atom is 0.288 e. The van der Waals surface area contributed by atoms with Gasteiger partial charge in [0.1, 0.15) is 10.8 Å². The van der Waals surface area contributed by atoms with Gasteiger partial charge < -0.3 is 10.1 Å². The number of nitro groups is 1. The van der Waals surface area contributed by atoms with E-state index in [1.165, 1.54) is 18.2 Å². The first-order chi connectivity index (χ1) is 11.0. The Hall–Kier alpha value is -2.60. The Morgan fingerprint density at radius 2 is 1.96 bits per heavy atom. The van der Waals surface area contributed by atoms with Crippen molar-refractivity contribution in [2.75, 3.05) is 13.7 Å². The molecule has 0 aliphatic heterocycles. The van der Waals surface area contributed by atoms with E-state index in [0.717, 1.165) is 11.3 Å². The first-order valence-corrected chi connectivity index (χ1v) is 7.24. The number of benzene rings is 2. The molecule has 1 amide bonds. The van der Waals surface area contributed by atoms with Crippen LogP contribution < -0.4 is 10.1 Å². The number of carbonyl (C=O) groups excluding carboxylic acids is 1. The minimum absolute atomic E-state index is 0.00443. The van der Waals surface area contributed by atoms with E-state index < -0.39 is 4.92 Å². The van der Waals surface area contributed by atoms with Crippen LogP contribution in [0.4, 0.5) is 5.69 Å². The number of carbonyl (C=O) groups is 1. The SMILES string of the molecule is COc1ccc(CCNC(=O)c2ccc(Cl)c([N+](=O)[O-])c2)cc1. The number of nitrogens with one attached hydrogen (secondary N) is 1. The Morgan fingerprint density at radius 3 is 2.57 bits per heavy atom. The van der Waals surface area contributed by atoms with Gasteiger partial charge in [-0.05, 0) is 36.2 Å². The van der Waals surface area contributed by atoms with Crippen LogP contribution in [-0.2, 0) is 6.42 Å². The standard InChI is InChI=1S/C16H15ClN2O4/c1-23-13-5-2-11(3-6-13)8-9-18-16(20)12-4-7-14(17)15(10-12)19(21)22/h2-7,10H,8-9H2,1H3,(H,18,20). The van der Waals surface area contributed by atoms with Crippen molar-refractivity contribution in [1.29, 1.82) is 0 Å². The van der Waals surface area contributed by atoms with Gasteiger partial charge in [-0.1, -0.05) is 23.7 Å². The molecule has 0 unspecified atom stereocenters. The minimum Gasteiger partial charge on any atom is -0.497 e. The third-order valence-electron chi connectivity index (χ3n) is 3.26. The van der Waals surface area contributed by atoms with Crippen LogP contribution in [0.15, 0.2) is 42.5 Å². The maximum atomic E-state index is 12.0. The number of amides is 1. The number of rotatable bonds is 6. The second-order valence-electron chi connectivity index (χ2n) is 4.78. The largest absolute Gasteiger partial charge is 0.497 e. The molecular weight excluding hydrogens is 320 g/mol. The number of halogens is 1. The van der Waals surface area contributed by atoms with Crippen LogP contribution in [0, 0.1) is 10.1 Å². The van der Waals surface area contributed by atoms with Gasteiger partial charge in [-0.15, -0.1) is 0 Å². The molecule has 0 bridgehead atoms. The second-order valence-corrected chi connectivity index (χ2v) is 5.18. The normalized spacial score (nSPS) is 10.2. The zero-order chi connectivity index (χ0) is 16.8. The molecule has 23 heavy (non-hydrogen) atoms. The van der Waals surface area contributed by atoms with Gasteiger partial charge in [-0.25, -0.2) is 0 Å². The summed E-state index contributed by atoms with van der Waals surface area (Å²) < 4.78 is 5.07. The van der Waals surface area contributed by atoms with Crippen LogP contribution in [0.2, 0.25) is 5.02 Å². The van der Waals surface area contributed by atoms with Gasteiger partial charge >= 0.3 is 0 Å². The molecule has 0 aliphatic rings. The lowest BCUT2D eigenvalue weighted by Gasteiger charge is -2.06. The molecular formula is C16H15ClN2O4. The summed E-state index contributed by atoms with van der Waals surface area (Å²) in [7, 11) is 1.60. The molecule has 0 radical (unpaired) electrons. The molecule has 2 aromatic rings. The first-order valence-electron chi connectivity index (χ1n) is 6.86. The Bertz CT molecular complexity index is 717. The van der Waals surface area contributed by atoms with Crippen molar-refractivity contribution in [3.05, 3.63) is 68.7 Å². The summed E-state index contributed by atoms with van der Waals surface area (Å²) in [5, 5.41) is 13.6. The zero-order valence-electron chi connectivity index (χ0n) is 12.4. The van der Waals surface area contributed by atoms with Gasteiger partial charge in [0, 0.05) is 18.2 Å². The van der Waals surface area contributed by atoms with Crippen LogP contribution in [0.1, 0.15) is 15.9 Å². The maximum absolute atomic E-state index is 12.0. The summed E-state index contributed by atoms with van der Waals surface area (Å²) >= 11 is 5.72. The number of hydrogen-bond acceptors (Lipinski definition) is 4. The van der Waals surface area contributed by atoms with Crippen LogP contribution in [-0.4, -0.2) is 24.5 Å². The molecule has 1 N–H and O–H groups in total. The quantitative estimate of drug-likeness (QED) is 0.649. The van der Waals surface area contributed by atoms with Crippen molar-refractivity contribution in [2.24, 2.45) is 0 Å². The molecule has 0 fully saturated rings. The molecule has 2 rings (SSSR count). The van der Waals surface area contributed by atoms with Crippen molar-refractivity contribution in [3.63, 3.8) is 0 Å². The average Bonchev–Trinajstić information content (AvgIpc) is 2.55. The van der Waals surface area contributed by atoms with Gasteiger partial charge in [0.15, 0.2) is 0 Å². The molecule has 0 aromatic heterocycles. The van der Waals surface area contributed by atoms with Crippen molar-refractivity contribution < 1.29 is 14.5 Å². The lowest BCUT2D eigenvalue weighted by molar-refractivity contribution is -0.384. The highest BCUT2D eigenvalue weighted by Crippen LogP contribution is 2.24. The zero-order valence-corrected chi connectivity index (χ0v) is 13.2. The summed E-state index contributed by atoms with van der Waals surface area (Å²) in [5.74, 6) is 0.393. The first kappa shape index (κ1) is 16.8. The molecule has 0 saturated heterocycles. The molecule has 2 aromatic carbocycles. The molecule has 0 saturated carbocycles. The second kappa shape index (κ2) is 7.60. The van der Waals surface area contributed by atoms with Crippen LogP contribution in [0.3, 0.4) is 0 Å². The summed E-state index contributed by atoms with van der Waals surface area (Å²) in [6.45, 7) is 0.418. The minimum atomic E-state index is -0.615. The topological polar surface area (TPSA) is 81.5 Å². The fourth-order valence-corrected chi connectivity index (χ4v) is 2.20. The molecule has 6 nitrogen and oxygen atoms in total. The van der Waals surface area contributed by atoms with E-state index in [2.05, 4.69) is 5.32 Å². The van der Waals surface area contributed by atoms with Crippen molar-refractivity contribution >= 4 is 23.2 Å². The van der Waals surface area contributed by atoms with Gasteiger partial charge in [0.2, 0.25) is 0 Å². The summed E-state index contributed by atoms with van der Waals surface area (Å²) in [4.78, 5) is 22.2. The fraction of sp³-hybridized carbons (Fsp3) is 0.188. The van der Waals surface area contributed by atoms with Gasteiger partial charge in [0.25, 0.3) is 11.6 Å². The monoisotopic (exact) mass is 334 g/mol. The van der Waals surface area contributed by atoms with Crippen molar-refractivity contribution in [3.8, 4) is 5.75 Å². The predicted molar refractivity (Wildman–Crippen MR) is 87.1 cm³/mol. The van der Waals surface area contributed by atoms with E-state index in [1.807, 2.05) is 24.3 Å². The van der Waals surface area contributed by atoms with Crippen molar-refractivity contribution in [2.45, 2.75) is 6.42 Å². The van der Waals surface area contributed by atoms with Gasteiger partial charge in [-0.2, -0.15) is 0 Å². The summed E-state index contributed by atoms with van der Waals surface area (Å²) in [5.41, 5.74) is 0.971. The fourth-order valence-electron chi connectivity index (χ4n) is 2.01. The molecule has 0 heterocycles. The van der Waals surface area contributed by atoms with Crippen LogP contribution in [0.25, 0.3) is 0 Å². The van der Waals surface area contributed by atoms with Gasteiger partial charge in [-0.3, -0.25) is 14.9 Å². The Balaban J connectivity index is 1.94. The number of nitrogens with zero attached hydrogens (tertiary/aromatic N) is 1. The highest BCUT2D eigenvalue weighted by atomic mass is 35.5. The van der Waals surface area contributed by atoms with E-state index in [9.17, 15) is 14.9 Å². The Morgan fingerprint density at radius 1 is 1.26 bits per heavy atom. The summed E-state index contributed by atoms with van der Waals surface area (Å²) in [6, 6.07) is 11.5. The number of hydrogen-bond donors (Lipinski definition) is 1. The molecule has 0 spiro atoms. The molecule has 0 aliphatic carbocycles. The molecule has 7 heteroatoms. The van der Waals surface area contributed by atoms with Crippen LogP contribution >= 0.6 is 11.6 Å². The molecule has 0 atom stereocenters. The highest BCUT2D eigenvalue weighted by molar-refractivity contribution is 6.32. The third kappa shape index (κ3) is 4.43. The highest BCUT2D eigenvalue weighted by Gasteiger charge is 2.15. The Kier molecular flexibility index (Phi) is 5.54. The number of nitro benzene ring substituents is 1.